The lowest BCUT2D eigenvalue weighted by Crippen LogP contribution is -2.40. The Balaban J connectivity index is 3.92. The third kappa shape index (κ3) is 2.31. The Morgan fingerprint density at radius 3 is 2.40 bits per heavy atom. The third-order valence-corrected chi connectivity index (χ3v) is 1.39. The van der Waals surface area contributed by atoms with Gasteiger partial charge in [0.15, 0.2) is 0 Å². The second-order valence-electron chi connectivity index (χ2n) is 2.24. The standard InChI is InChI=1S/C6H12FNO2/c1-4(3-7)5(8-2)6(9)10/h4-5,8H,3H2,1-2H3,(H,9,10)/t4?,5-/m0/s1. The summed E-state index contributed by atoms with van der Waals surface area (Å²) >= 11 is 0. The molecule has 0 saturated heterocycles. The first-order valence-corrected chi connectivity index (χ1v) is 3.09. The number of alkyl halides is 1. The van der Waals surface area contributed by atoms with Crippen LogP contribution in [-0.4, -0.2) is 30.8 Å². The average molecular weight is 149 g/mol. The zero-order valence-electron chi connectivity index (χ0n) is 6.10. The van der Waals surface area contributed by atoms with Crippen molar-refractivity contribution in [2.45, 2.75) is 13.0 Å². The maximum absolute atomic E-state index is 11.9. The summed E-state index contributed by atoms with van der Waals surface area (Å²) in [6.07, 6.45) is 0. The fourth-order valence-electron chi connectivity index (χ4n) is 0.740. The lowest BCUT2D eigenvalue weighted by atomic mass is 10.0. The van der Waals surface area contributed by atoms with Gasteiger partial charge in [-0.15, -0.1) is 0 Å². The van der Waals surface area contributed by atoms with E-state index in [0.29, 0.717) is 0 Å². The van der Waals surface area contributed by atoms with Gasteiger partial charge in [-0.1, -0.05) is 6.92 Å². The summed E-state index contributed by atoms with van der Waals surface area (Å²) in [5.74, 6) is -1.48. The Hall–Kier alpha value is -0.640. The third-order valence-electron chi connectivity index (χ3n) is 1.39. The zero-order chi connectivity index (χ0) is 8.15. The van der Waals surface area contributed by atoms with Crippen molar-refractivity contribution in [1.82, 2.24) is 5.32 Å². The highest BCUT2D eigenvalue weighted by molar-refractivity contribution is 5.73. The average Bonchev–Trinajstić information content (AvgIpc) is 1.88. The highest BCUT2D eigenvalue weighted by Gasteiger charge is 2.21. The molecule has 0 aromatic heterocycles. The van der Waals surface area contributed by atoms with Crippen LogP contribution >= 0.6 is 0 Å². The highest BCUT2D eigenvalue weighted by Crippen LogP contribution is 2.02. The quantitative estimate of drug-likeness (QED) is 0.603. The fourth-order valence-corrected chi connectivity index (χ4v) is 0.740. The second-order valence-corrected chi connectivity index (χ2v) is 2.24. The van der Waals surface area contributed by atoms with Gasteiger partial charge in [-0.3, -0.25) is 9.18 Å². The molecule has 2 atom stereocenters. The molecular formula is C6H12FNO2. The number of hydrogen-bond acceptors (Lipinski definition) is 2. The number of carboxylic acid groups (broad SMARTS) is 1. The van der Waals surface area contributed by atoms with Crippen LogP contribution in [-0.2, 0) is 4.79 Å². The van der Waals surface area contributed by atoms with Gasteiger partial charge in [0.05, 0.1) is 6.67 Å². The maximum atomic E-state index is 11.9. The summed E-state index contributed by atoms with van der Waals surface area (Å²) in [6, 6.07) is -0.773. The van der Waals surface area contributed by atoms with Crippen LogP contribution in [0, 0.1) is 5.92 Å². The van der Waals surface area contributed by atoms with Crippen molar-refractivity contribution in [2.75, 3.05) is 13.7 Å². The maximum Gasteiger partial charge on any atom is 0.321 e. The Morgan fingerprint density at radius 2 is 2.30 bits per heavy atom. The number of carboxylic acids is 1. The molecule has 3 nitrogen and oxygen atoms in total. The van der Waals surface area contributed by atoms with Gasteiger partial charge in [0, 0.05) is 5.92 Å². The van der Waals surface area contributed by atoms with Crippen LogP contribution in [0.15, 0.2) is 0 Å². The van der Waals surface area contributed by atoms with Crippen LogP contribution < -0.4 is 5.32 Å². The number of likely N-dealkylation sites (N-methyl/N-ethyl adjacent to an activating group) is 1. The summed E-state index contributed by atoms with van der Waals surface area (Å²) in [5.41, 5.74) is 0. The first-order valence-electron chi connectivity index (χ1n) is 3.09. The van der Waals surface area contributed by atoms with E-state index in [1.165, 1.54) is 7.05 Å². The normalized spacial score (nSPS) is 16.3. The molecule has 0 aromatic carbocycles. The molecule has 0 bridgehead atoms. The number of rotatable bonds is 4. The van der Waals surface area contributed by atoms with Crippen molar-refractivity contribution in [2.24, 2.45) is 5.92 Å². The molecule has 10 heavy (non-hydrogen) atoms. The summed E-state index contributed by atoms with van der Waals surface area (Å²) in [7, 11) is 1.50. The van der Waals surface area contributed by atoms with Crippen LogP contribution in [0.1, 0.15) is 6.92 Å². The molecule has 0 aromatic rings. The molecule has 0 amide bonds. The molecule has 0 radical (unpaired) electrons. The molecule has 1 unspecified atom stereocenters. The van der Waals surface area contributed by atoms with E-state index in [1.54, 1.807) is 6.92 Å². The van der Waals surface area contributed by atoms with E-state index in [9.17, 15) is 9.18 Å². The van der Waals surface area contributed by atoms with Crippen molar-refractivity contribution in [3.8, 4) is 0 Å². The van der Waals surface area contributed by atoms with Crippen LogP contribution in [0.25, 0.3) is 0 Å². The minimum Gasteiger partial charge on any atom is -0.480 e. The number of halogens is 1. The molecule has 4 heteroatoms. The van der Waals surface area contributed by atoms with Crippen molar-refractivity contribution < 1.29 is 14.3 Å². The fraction of sp³-hybridized carbons (Fsp3) is 0.833. The van der Waals surface area contributed by atoms with Crippen molar-refractivity contribution in [3.63, 3.8) is 0 Å². The van der Waals surface area contributed by atoms with Crippen molar-refractivity contribution >= 4 is 5.97 Å². The Labute approximate surface area is 59.2 Å². The topological polar surface area (TPSA) is 49.3 Å². The molecule has 0 heterocycles. The molecule has 0 aliphatic carbocycles. The SMILES string of the molecule is CN[C@H](C(=O)O)C(C)CF. The van der Waals surface area contributed by atoms with Crippen molar-refractivity contribution in [3.05, 3.63) is 0 Å². The number of carbonyl (C=O) groups is 1. The molecule has 0 saturated carbocycles. The molecule has 0 rings (SSSR count). The molecule has 0 aliphatic rings. The lowest BCUT2D eigenvalue weighted by Gasteiger charge is -2.15. The first kappa shape index (κ1) is 9.36. The van der Waals surface area contributed by atoms with E-state index in [-0.39, 0.29) is 0 Å². The van der Waals surface area contributed by atoms with Gasteiger partial charge in [0.2, 0.25) is 0 Å². The van der Waals surface area contributed by atoms with Gasteiger partial charge in [-0.25, -0.2) is 0 Å². The van der Waals surface area contributed by atoms with E-state index in [0.717, 1.165) is 0 Å². The van der Waals surface area contributed by atoms with E-state index < -0.39 is 24.6 Å². The second kappa shape index (κ2) is 4.22. The Bertz CT molecular complexity index is 118. The highest BCUT2D eigenvalue weighted by atomic mass is 19.1. The molecule has 0 fully saturated rings. The van der Waals surface area contributed by atoms with Crippen LogP contribution in [0.2, 0.25) is 0 Å². The van der Waals surface area contributed by atoms with Gasteiger partial charge in [-0.2, -0.15) is 0 Å². The van der Waals surface area contributed by atoms with Gasteiger partial charge in [-0.05, 0) is 7.05 Å². The van der Waals surface area contributed by atoms with E-state index in [1.807, 2.05) is 0 Å². The molecule has 60 valence electrons. The van der Waals surface area contributed by atoms with Gasteiger partial charge in [0.1, 0.15) is 6.04 Å². The predicted octanol–water partition coefficient (Wildman–Crippen LogP) is 0.265. The van der Waals surface area contributed by atoms with Gasteiger partial charge < -0.3 is 10.4 Å². The van der Waals surface area contributed by atoms with Gasteiger partial charge in [0.25, 0.3) is 0 Å². The van der Waals surface area contributed by atoms with Crippen LogP contribution in [0.4, 0.5) is 4.39 Å². The molecular weight excluding hydrogens is 137 g/mol. The summed E-state index contributed by atoms with van der Waals surface area (Å²) in [4.78, 5) is 10.3. The minimum atomic E-state index is -1.01. The lowest BCUT2D eigenvalue weighted by molar-refractivity contribution is -0.140. The van der Waals surface area contributed by atoms with Crippen LogP contribution in [0.5, 0.6) is 0 Å². The molecule has 2 N–H and O–H groups in total. The van der Waals surface area contributed by atoms with Gasteiger partial charge >= 0.3 is 5.97 Å². The molecule has 0 spiro atoms. The Morgan fingerprint density at radius 1 is 1.80 bits per heavy atom. The summed E-state index contributed by atoms with van der Waals surface area (Å²) in [6.45, 7) is 0.938. The van der Waals surface area contributed by atoms with E-state index >= 15 is 0 Å². The zero-order valence-corrected chi connectivity index (χ0v) is 6.10. The first-order chi connectivity index (χ1) is 4.63. The molecule has 0 aliphatic heterocycles. The predicted molar refractivity (Wildman–Crippen MR) is 35.6 cm³/mol. The minimum absolute atomic E-state index is 0.470. The smallest absolute Gasteiger partial charge is 0.321 e. The van der Waals surface area contributed by atoms with Crippen molar-refractivity contribution in [1.29, 1.82) is 0 Å². The summed E-state index contributed by atoms with van der Waals surface area (Å²) in [5, 5.41) is 11.0. The number of hydrogen-bond donors (Lipinski definition) is 2. The number of aliphatic carboxylic acids is 1. The van der Waals surface area contributed by atoms with E-state index in [4.69, 9.17) is 5.11 Å². The Kier molecular flexibility index (Phi) is 3.95. The summed E-state index contributed by atoms with van der Waals surface area (Å²) < 4.78 is 11.9. The van der Waals surface area contributed by atoms with Crippen LogP contribution in [0.3, 0.4) is 0 Å². The largest absolute Gasteiger partial charge is 0.480 e. The monoisotopic (exact) mass is 149 g/mol. The number of nitrogens with one attached hydrogen (secondary N) is 1. The van der Waals surface area contributed by atoms with E-state index in [2.05, 4.69) is 5.32 Å².